The topological polar surface area (TPSA) is 69.6 Å². The largest absolute Gasteiger partial charge is 0.497 e. The molecular weight excluding hydrogens is 400 g/mol. The number of thiocarbonyl (C=S) groups is 1. The number of aromatic nitrogens is 2. The van der Waals surface area contributed by atoms with Crippen molar-refractivity contribution in [1.82, 2.24) is 9.78 Å². The van der Waals surface area contributed by atoms with E-state index in [2.05, 4.69) is 15.7 Å². The van der Waals surface area contributed by atoms with Crippen LogP contribution in [0.2, 0.25) is 0 Å². The first-order chi connectivity index (χ1) is 14.4. The Morgan fingerprint density at radius 1 is 0.967 bits per heavy atom. The van der Waals surface area contributed by atoms with Crippen LogP contribution >= 0.6 is 12.2 Å². The standard InChI is InChI=1S/C22H26N4O3S/c1-14-21(15(2)26(25-14)13-16-7-6-8-17(11-16)27-3)24-22(30)23-19-12-18(28-4)9-10-20(19)29-5/h6-12H,13H2,1-5H3,(H2,23,24,30). The average Bonchev–Trinajstić information content (AvgIpc) is 3.01. The van der Waals surface area contributed by atoms with E-state index in [0.29, 0.717) is 28.8 Å². The number of anilines is 2. The molecule has 0 spiro atoms. The quantitative estimate of drug-likeness (QED) is 0.543. The zero-order valence-electron chi connectivity index (χ0n) is 17.8. The Balaban J connectivity index is 1.76. The van der Waals surface area contributed by atoms with Gasteiger partial charge in [-0.25, -0.2) is 0 Å². The summed E-state index contributed by atoms with van der Waals surface area (Å²) in [7, 11) is 4.89. The van der Waals surface area contributed by atoms with Gasteiger partial charge in [-0.1, -0.05) is 12.1 Å². The second kappa shape index (κ2) is 9.49. The smallest absolute Gasteiger partial charge is 0.175 e. The van der Waals surface area contributed by atoms with Gasteiger partial charge in [0.25, 0.3) is 0 Å². The third-order valence-electron chi connectivity index (χ3n) is 4.74. The molecule has 0 radical (unpaired) electrons. The molecule has 158 valence electrons. The van der Waals surface area contributed by atoms with Gasteiger partial charge in [0.05, 0.1) is 50.6 Å². The molecule has 0 fully saturated rings. The minimum Gasteiger partial charge on any atom is -0.497 e. The zero-order chi connectivity index (χ0) is 21.7. The molecule has 0 amide bonds. The molecule has 1 aromatic heterocycles. The van der Waals surface area contributed by atoms with Gasteiger partial charge in [-0.2, -0.15) is 5.10 Å². The maximum atomic E-state index is 5.52. The highest BCUT2D eigenvalue weighted by molar-refractivity contribution is 7.80. The van der Waals surface area contributed by atoms with Gasteiger partial charge in [-0.15, -0.1) is 0 Å². The average molecular weight is 427 g/mol. The van der Waals surface area contributed by atoms with Crippen LogP contribution in [0.25, 0.3) is 0 Å². The number of nitrogens with zero attached hydrogens (tertiary/aromatic N) is 2. The molecule has 0 bridgehead atoms. The number of rotatable bonds is 7. The molecule has 7 nitrogen and oxygen atoms in total. The first-order valence-corrected chi connectivity index (χ1v) is 9.83. The van der Waals surface area contributed by atoms with E-state index in [1.54, 1.807) is 21.3 Å². The van der Waals surface area contributed by atoms with Crippen molar-refractivity contribution in [2.24, 2.45) is 0 Å². The molecule has 2 N–H and O–H groups in total. The Morgan fingerprint density at radius 2 is 1.70 bits per heavy atom. The Labute approximate surface area is 182 Å². The van der Waals surface area contributed by atoms with Crippen LogP contribution in [0.5, 0.6) is 17.2 Å². The second-order valence-electron chi connectivity index (χ2n) is 6.70. The van der Waals surface area contributed by atoms with Crippen molar-refractivity contribution < 1.29 is 14.2 Å². The molecule has 0 saturated heterocycles. The number of ether oxygens (including phenoxy) is 3. The van der Waals surface area contributed by atoms with Crippen molar-refractivity contribution in [2.75, 3.05) is 32.0 Å². The van der Waals surface area contributed by atoms with Gasteiger partial charge in [0.2, 0.25) is 0 Å². The highest BCUT2D eigenvalue weighted by atomic mass is 32.1. The molecule has 0 saturated carbocycles. The van der Waals surface area contributed by atoms with Crippen molar-refractivity contribution in [3.05, 3.63) is 59.4 Å². The minimum atomic E-state index is 0.439. The van der Waals surface area contributed by atoms with Crippen molar-refractivity contribution in [2.45, 2.75) is 20.4 Å². The number of nitrogens with one attached hydrogen (secondary N) is 2. The molecule has 8 heteroatoms. The molecule has 0 unspecified atom stereocenters. The Morgan fingerprint density at radius 3 is 2.40 bits per heavy atom. The molecule has 0 aliphatic rings. The molecule has 3 rings (SSSR count). The fourth-order valence-corrected chi connectivity index (χ4v) is 3.37. The van der Waals surface area contributed by atoms with Gasteiger partial charge in [-0.3, -0.25) is 4.68 Å². The number of hydrogen-bond acceptors (Lipinski definition) is 5. The van der Waals surface area contributed by atoms with E-state index in [9.17, 15) is 0 Å². The predicted octanol–water partition coefficient (Wildman–Crippen LogP) is 4.38. The molecule has 0 atom stereocenters. The third kappa shape index (κ3) is 4.83. The second-order valence-corrected chi connectivity index (χ2v) is 7.11. The summed E-state index contributed by atoms with van der Waals surface area (Å²) in [5, 5.41) is 11.5. The van der Waals surface area contributed by atoms with Crippen LogP contribution in [0.3, 0.4) is 0 Å². The molecule has 1 heterocycles. The molecule has 3 aromatic rings. The summed E-state index contributed by atoms with van der Waals surface area (Å²) < 4.78 is 17.9. The molecule has 0 aliphatic carbocycles. The monoisotopic (exact) mass is 426 g/mol. The fraction of sp³-hybridized carbons (Fsp3) is 0.273. The number of benzene rings is 2. The van der Waals surface area contributed by atoms with Gasteiger partial charge < -0.3 is 24.8 Å². The summed E-state index contributed by atoms with van der Waals surface area (Å²) in [5.74, 6) is 2.20. The van der Waals surface area contributed by atoms with E-state index < -0.39 is 0 Å². The summed E-state index contributed by atoms with van der Waals surface area (Å²) in [4.78, 5) is 0. The molecule has 30 heavy (non-hydrogen) atoms. The van der Waals surface area contributed by atoms with Crippen molar-refractivity contribution in [3.8, 4) is 17.2 Å². The van der Waals surface area contributed by atoms with E-state index in [0.717, 1.165) is 28.4 Å². The van der Waals surface area contributed by atoms with Crippen LogP contribution in [0, 0.1) is 13.8 Å². The van der Waals surface area contributed by atoms with E-state index >= 15 is 0 Å². The number of hydrogen-bond donors (Lipinski definition) is 2. The first-order valence-electron chi connectivity index (χ1n) is 9.42. The van der Waals surface area contributed by atoms with Crippen LogP contribution < -0.4 is 24.8 Å². The van der Waals surface area contributed by atoms with Crippen molar-refractivity contribution in [1.29, 1.82) is 0 Å². The Kier molecular flexibility index (Phi) is 6.79. The molecule has 0 aliphatic heterocycles. The summed E-state index contributed by atoms with van der Waals surface area (Å²) >= 11 is 5.52. The third-order valence-corrected chi connectivity index (χ3v) is 4.95. The van der Waals surface area contributed by atoms with Gasteiger partial charge in [0.1, 0.15) is 17.2 Å². The maximum Gasteiger partial charge on any atom is 0.175 e. The van der Waals surface area contributed by atoms with E-state index in [4.69, 9.17) is 26.4 Å². The Bertz CT molecular complexity index is 1050. The normalized spacial score (nSPS) is 10.4. The lowest BCUT2D eigenvalue weighted by molar-refractivity contribution is 0.405. The maximum absolute atomic E-state index is 5.52. The Hall–Kier alpha value is -3.26. The van der Waals surface area contributed by atoms with Crippen LogP contribution in [0.1, 0.15) is 17.0 Å². The first kappa shape index (κ1) is 21.4. The fourth-order valence-electron chi connectivity index (χ4n) is 3.15. The van der Waals surface area contributed by atoms with Crippen LogP contribution in [-0.2, 0) is 6.54 Å². The number of aryl methyl sites for hydroxylation is 1. The van der Waals surface area contributed by atoms with Crippen LogP contribution in [0.15, 0.2) is 42.5 Å². The highest BCUT2D eigenvalue weighted by Gasteiger charge is 2.14. The van der Waals surface area contributed by atoms with Gasteiger partial charge in [-0.05, 0) is 55.9 Å². The lowest BCUT2D eigenvalue weighted by atomic mass is 10.2. The summed E-state index contributed by atoms with van der Waals surface area (Å²) in [6, 6.07) is 13.4. The SMILES string of the molecule is COc1cccc(Cn2nc(C)c(NC(=S)Nc3cc(OC)ccc3OC)c2C)c1. The van der Waals surface area contributed by atoms with Gasteiger partial charge in [0.15, 0.2) is 5.11 Å². The van der Waals surface area contributed by atoms with Crippen molar-refractivity contribution >= 4 is 28.7 Å². The van der Waals surface area contributed by atoms with E-state index in [1.165, 1.54) is 0 Å². The van der Waals surface area contributed by atoms with Gasteiger partial charge >= 0.3 is 0 Å². The van der Waals surface area contributed by atoms with Crippen molar-refractivity contribution in [3.63, 3.8) is 0 Å². The van der Waals surface area contributed by atoms with E-state index in [1.807, 2.05) is 61.0 Å². The van der Waals surface area contributed by atoms with E-state index in [-0.39, 0.29) is 0 Å². The predicted molar refractivity (Wildman–Crippen MR) is 123 cm³/mol. The number of methoxy groups -OCH3 is 3. The lowest BCUT2D eigenvalue weighted by Gasteiger charge is -2.15. The van der Waals surface area contributed by atoms with Gasteiger partial charge in [0, 0.05) is 6.07 Å². The zero-order valence-corrected chi connectivity index (χ0v) is 18.6. The minimum absolute atomic E-state index is 0.439. The highest BCUT2D eigenvalue weighted by Crippen LogP contribution is 2.29. The molecule has 2 aromatic carbocycles. The summed E-state index contributed by atoms with van der Waals surface area (Å²) in [6.45, 7) is 4.60. The van der Waals surface area contributed by atoms with Crippen LogP contribution in [-0.4, -0.2) is 36.2 Å². The summed E-state index contributed by atoms with van der Waals surface area (Å²) in [6.07, 6.45) is 0. The molecular formula is C22H26N4O3S. The van der Waals surface area contributed by atoms with Crippen LogP contribution in [0.4, 0.5) is 11.4 Å². The lowest BCUT2D eigenvalue weighted by Crippen LogP contribution is -2.20. The summed E-state index contributed by atoms with van der Waals surface area (Å²) in [5.41, 5.74) is 4.54.